The Morgan fingerprint density at radius 1 is 1.41 bits per heavy atom. The van der Waals surface area contributed by atoms with Crippen molar-refractivity contribution in [2.45, 2.75) is 13.3 Å². The van der Waals surface area contributed by atoms with E-state index in [1.807, 2.05) is 0 Å². The number of hydrogen-bond acceptors (Lipinski definition) is 5. The molecular weight excluding hydrogens is 247 g/mol. The van der Waals surface area contributed by atoms with Crippen LogP contribution in [0, 0.1) is 5.82 Å². The zero-order valence-electron chi connectivity index (χ0n) is 9.70. The predicted molar refractivity (Wildman–Crippen MR) is 62.7 cm³/mol. The molecule has 0 bridgehead atoms. The van der Waals surface area contributed by atoms with Crippen LogP contribution in [0.15, 0.2) is 6.33 Å². The fourth-order valence-electron chi connectivity index (χ4n) is 1.18. The van der Waals surface area contributed by atoms with Gasteiger partial charge in [-0.2, -0.15) is 0 Å². The Morgan fingerprint density at radius 2 is 2.12 bits per heavy atom. The van der Waals surface area contributed by atoms with Gasteiger partial charge < -0.3 is 5.32 Å². The van der Waals surface area contributed by atoms with Gasteiger partial charge in [-0.25, -0.2) is 27.5 Å². The second-order valence-electron chi connectivity index (χ2n) is 3.29. The minimum atomic E-state index is -3.30. The van der Waals surface area contributed by atoms with Crippen LogP contribution in [0.25, 0.3) is 0 Å². The minimum absolute atomic E-state index is 0.0307. The zero-order valence-corrected chi connectivity index (χ0v) is 10.5. The van der Waals surface area contributed by atoms with Crippen LogP contribution >= 0.6 is 0 Å². The highest BCUT2D eigenvalue weighted by Crippen LogP contribution is 2.12. The first kappa shape index (κ1) is 13.8. The van der Waals surface area contributed by atoms with Gasteiger partial charge in [0.05, 0.1) is 11.4 Å². The third kappa shape index (κ3) is 3.90. The number of sulfonamides is 1. The largest absolute Gasteiger partial charge is 0.366 e. The van der Waals surface area contributed by atoms with E-state index in [9.17, 15) is 12.8 Å². The first-order chi connectivity index (χ1) is 8.00. The van der Waals surface area contributed by atoms with Crippen LogP contribution in [0.2, 0.25) is 0 Å². The van der Waals surface area contributed by atoms with Gasteiger partial charge in [0.15, 0.2) is 11.6 Å². The number of rotatable bonds is 6. The summed E-state index contributed by atoms with van der Waals surface area (Å²) >= 11 is 0. The molecule has 0 aromatic carbocycles. The molecule has 0 spiro atoms. The predicted octanol–water partition coefficient (Wildman–Crippen LogP) is 0.139. The lowest BCUT2D eigenvalue weighted by Gasteiger charge is -2.08. The number of anilines is 1. The van der Waals surface area contributed by atoms with Gasteiger partial charge in [0.1, 0.15) is 6.33 Å². The average molecular weight is 262 g/mol. The molecule has 0 unspecified atom stereocenters. The normalized spacial score (nSPS) is 11.5. The Bertz CT molecular complexity index is 478. The van der Waals surface area contributed by atoms with Gasteiger partial charge in [-0.05, 0) is 13.5 Å². The molecule has 0 saturated carbocycles. The Labute approximate surface area is 99.7 Å². The summed E-state index contributed by atoms with van der Waals surface area (Å²) in [4.78, 5) is 7.49. The zero-order chi connectivity index (χ0) is 12.9. The lowest BCUT2D eigenvalue weighted by atomic mass is 10.3. The first-order valence-corrected chi connectivity index (χ1v) is 6.80. The van der Waals surface area contributed by atoms with Crippen molar-refractivity contribution >= 4 is 15.8 Å². The molecular formula is C9H15FN4O2S. The molecule has 0 aliphatic carbocycles. The number of hydrogen-bond donors (Lipinski definition) is 2. The van der Waals surface area contributed by atoms with Gasteiger partial charge >= 0.3 is 0 Å². The van der Waals surface area contributed by atoms with E-state index >= 15 is 0 Å². The summed E-state index contributed by atoms with van der Waals surface area (Å²) in [6.07, 6.45) is 1.70. The molecule has 0 amide bonds. The standard InChI is InChI=1S/C9H15FN4O2S/c1-3-7-8(10)9(14-6-13-7)12-4-5-17(15,16)11-2/h6,11H,3-5H2,1-2H3,(H,12,13,14). The molecule has 8 heteroatoms. The second-order valence-corrected chi connectivity index (χ2v) is 5.33. The SMILES string of the molecule is CCc1ncnc(NCCS(=O)(=O)NC)c1F. The summed E-state index contributed by atoms with van der Waals surface area (Å²) in [7, 11) is -1.97. The Kier molecular flexibility index (Phi) is 4.76. The van der Waals surface area contributed by atoms with Crippen LogP contribution in [0.5, 0.6) is 0 Å². The third-order valence-corrected chi connectivity index (χ3v) is 3.53. The van der Waals surface area contributed by atoms with E-state index in [4.69, 9.17) is 0 Å². The van der Waals surface area contributed by atoms with Crippen molar-refractivity contribution < 1.29 is 12.8 Å². The summed E-state index contributed by atoms with van der Waals surface area (Å²) in [6.45, 7) is 1.86. The van der Waals surface area contributed by atoms with Gasteiger partial charge in [0.2, 0.25) is 10.0 Å². The van der Waals surface area contributed by atoms with Crippen molar-refractivity contribution in [3.8, 4) is 0 Å². The number of aromatic nitrogens is 2. The van der Waals surface area contributed by atoms with E-state index in [1.165, 1.54) is 13.4 Å². The molecule has 0 aliphatic rings. The van der Waals surface area contributed by atoms with E-state index in [2.05, 4.69) is 20.0 Å². The number of nitrogens with one attached hydrogen (secondary N) is 2. The van der Waals surface area contributed by atoms with Crippen molar-refractivity contribution in [1.82, 2.24) is 14.7 Å². The molecule has 0 fully saturated rings. The summed E-state index contributed by atoms with van der Waals surface area (Å²) < 4.78 is 38.0. The van der Waals surface area contributed by atoms with Crippen LogP contribution in [0.3, 0.4) is 0 Å². The highest BCUT2D eigenvalue weighted by atomic mass is 32.2. The molecule has 1 aromatic heterocycles. The van der Waals surface area contributed by atoms with E-state index in [0.29, 0.717) is 12.1 Å². The van der Waals surface area contributed by atoms with Crippen LogP contribution in [-0.4, -0.2) is 37.7 Å². The summed E-state index contributed by atoms with van der Waals surface area (Å²) in [6, 6.07) is 0. The summed E-state index contributed by atoms with van der Waals surface area (Å²) in [5.74, 6) is -0.644. The molecule has 6 nitrogen and oxygen atoms in total. The molecule has 1 heterocycles. The third-order valence-electron chi connectivity index (χ3n) is 2.17. The monoisotopic (exact) mass is 262 g/mol. The van der Waals surface area contributed by atoms with Crippen molar-refractivity contribution in [1.29, 1.82) is 0 Å². The van der Waals surface area contributed by atoms with Gasteiger partial charge in [-0.3, -0.25) is 0 Å². The fraction of sp³-hybridized carbons (Fsp3) is 0.556. The molecule has 1 rings (SSSR count). The van der Waals surface area contributed by atoms with Crippen LogP contribution in [0.1, 0.15) is 12.6 Å². The van der Waals surface area contributed by atoms with Gasteiger partial charge in [-0.15, -0.1) is 0 Å². The molecule has 96 valence electrons. The maximum Gasteiger partial charge on any atom is 0.213 e. The molecule has 17 heavy (non-hydrogen) atoms. The van der Waals surface area contributed by atoms with E-state index in [-0.39, 0.29) is 18.1 Å². The van der Waals surface area contributed by atoms with Crippen molar-refractivity contribution in [2.75, 3.05) is 24.7 Å². The Balaban J connectivity index is 2.64. The number of aryl methyl sites for hydroxylation is 1. The van der Waals surface area contributed by atoms with Gasteiger partial charge in [0, 0.05) is 6.54 Å². The first-order valence-electron chi connectivity index (χ1n) is 5.14. The second kappa shape index (κ2) is 5.87. The maximum absolute atomic E-state index is 13.6. The molecule has 2 N–H and O–H groups in total. The van der Waals surface area contributed by atoms with Crippen LogP contribution < -0.4 is 10.0 Å². The van der Waals surface area contributed by atoms with E-state index in [0.717, 1.165) is 0 Å². The number of halogens is 1. The van der Waals surface area contributed by atoms with Crippen molar-refractivity contribution in [3.05, 3.63) is 17.8 Å². The Hall–Kier alpha value is -1.28. The average Bonchev–Trinajstić information content (AvgIpc) is 2.31. The Morgan fingerprint density at radius 3 is 2.71 bits per heavy atom. The minimum Gasteiger partial charge on any atom is -0.366 e. The topological polar surface area (TPSA) is 84.0 Å². The number of nitrogens with zero attached hydrogens (tertiary/aromatic N) is 2. The molecule has 0 radical (unpaired) electrons. The van der Waals surface area contributed by atoms with Crippen LogP contribution in [0.4, 0.5) is 10.2 Å². The molecule has 0 aliphatic heterocycles. The molecule has 0 saturated heterocycles. The lowest BCUT2D eigenvalue weighted by molar-refractivity contribution is 0.586. The summed E-state index contributed by atoms with van der Waals surface area (Å²) in [5.41, 5.74) is 0.305. The van der Waals surface area contributed by atoms with Crippen LogP contribution in [-0.2, 0) is 16.4 Å². The van der Waals surface area contributed by atoms with Crippen molar-refractivity contribution in [3.63, 3.8) is 0 Å². The molecule has 0 atom stereocenters. The van der Waals surface area contributed by atoms with E-state index in [1.54, 1.807) is 6.92 Å². The van der Waals surface area contributed by atoms with Gasteiger partial charge in [0.25, 0.3) is 0 Å². The van der Waals surface area contributed by atoms with Gasteiger partial charge in [-0.1, -0.05) is 6.92 Å². The fourth-order valence-corrected chi connectivity index (χ4v) is 1.76. The smallest absolute Gasteiger partial charge is 0.213 e. The van der Waals surface area contributed by atoms with Crippen molar-refractivity contribution in [2.24, 2.45) is 0 Å². The molecule has 1 aromatic rings. The maximum atomic E-state index is 13.6. The summed E-state index contributed by atoms with van der Waals surface area (Å²) in [5, 5.41) is 2.63. The van der Waals surface area contributed by atoms with E-state index < -0.39 is 15.8 Å². The quantitative estimate of drug-likeness (QED) is 0.762. The highest BCUT2D eigenvalue weighted by molar-refractivity contribution is 7.89. The lowest BCUT2D eigenvalue weighted by Crippen LogP contribution is -2.26. The highest BCUT2D eigenvalue weighted by Gasteiger charge is 2.11.